The van der Waals surface area contributed by atoms with Crippen LogP contribution in [0.1, 0.15) is 33.6 Å². The quantitative estimate of drug-likeness (QED) is 0.510. The Morgan fingerprint density at radius 2 is 1.86 bits per heavy atom. The van der Waals surface area contributed by atoms with Gasteiger partial charge in [-0.05, 0) is 25.6 Å². The lowest BCUT2D eigenvalue weighted by molar-refractivity contribution is 0.0575. The summed E-state index contributed by atoms with van der Waals surface area (Å²) < 4.78 is 11.7. The van der Waals surface area contributed by atoms with Gasteiger partial charge in [-0.25, -0.2) is 0 Å². The van der Waals surface area contributed by atoms with E-state index < -0.39 is 0 Å². The van der Waals surface area contributed by atoms with Gasteiger partial charge in [-0.2, -0.15) is 0 Å². The van der Waals surface area contributed by atoms with E-state index in [2.05, 4.69) is 27.6 Å². The van der Waals surface area contributed by atoms with E-state index >= 15 is 0 Å². The van der Waals surface area contributed by atoms with E-state index in [1.165, 1.54) is 0 Å². The van der Waals surface area contributed by atoms with Crippen LogP contribution in [-0.2, 0) is 9.47 Å². The number of hydrogen-bond donors (Lipinski definition) is 0. The predicted octanol–water partition coefficient (Wildman–Crippen LogP) is 2.40. The summed E-state index contributed by atoms with van der Waals surface area (Å²) in [6.07, 6.45) is 3.67. The van der Waals surface area contributed by atoms with E-state index in [9.17, 15) is 0 Å². The van der Waals surface area contributed by atoms with Crippen molar-refractivity contribution < 1.29 is 9.47 Å². The van der Waals surface area contributed by atoms with E-state index in [-0.39, 0.29) is 0 Å². The smallest absolute Gasteiger partial charge is 0.181 e. The Morgan fingerprint density at radius 3 is 2.29 bits per heavy atom. The highest BCUT2D eigenvalue weighted by Crippen LogP contribution is 2.45. The van der Waals surface area contributed by atoms with E-state index in [0.29, 0.717) is 36.8 Å². The van der Waals surface area contributed by atoms with Crippen LogP contribution in [0.3, 0.4) is 0 Å². The fourth-order valence-corrected chi connectivity index (χ4v) is 3.02. The van der Waals surface area contributed by atoms with Crippen LogP contribution in [0.25, 0.3) is 0 Å². The van der Waals surface area contributed by atoms with Gasteiger partial charge in [-0.15, -0.1) is 0 Å². The lowest BCUT2D eigenvalue weighted by Gasteiger charge is -2.13. The second-order valence-corrected chi connectivity index (χ2v) is 4.77. The average Bonchev–Trinajstić information content (AvgIpc) is 2.88. The maximum absolute atomic E-state index is 5.95. The highest BCUT2D eigenvalue weighted by molar-refractivity contribution is 6.61. The third kappa shape index (κ3) is 1.61. The molecule has 0 aromatic heterocycles. The Labute approximate surface area is 87.4 Å². The molecule has 0 saturated carbocycles. The predicted molar refractivity (Wildman–Crippen MR) is 58.9 cm³/mol. The first kappa shape index (κ1) is 10.5. The molecular formula is C11H21BO2. The van der Waals surface area contributed by atoms with Gasteiger partial charge >= 0.3 is 0 Å². The zero-order valence-electron chi connectivity index (χ0n) is 9.69. The van der Waals surface area contributed by atoms with Crippen molar-refractivity contribution in [3.63, 3.8) is 0 Å². The molecule has 0 aromatic carbocycles. The van der Waals surface area contributed by atoms with E-state index in [0.717, 1.165) is 12.8 Å². The molecular weight excluding hydrogens is 175 g/mol. The summed E-state index contributed by atoms with van der Waals surface area (Å²) in [5.74, 6) is 0.630. The van der Waals surface area contributed by atoms with Gasteiger partial charge in [-0.3, -0.25) is 0 Å². The van der Waals surface area contributed by atoms with Crippen molar-refractivity contribution in [3.8, 4) is 0 Å². The van der Waals surface area contributed by atoms with Crippen LogP contribution >= 0.6 is 0 Å². The second kappa shape index (κ2) is 3.86. The van der Waals surface area contributed by atoms with Gasteiger partial charge in [0.05, 0.1) is 18.3 Å². The van der Waals surface area contributed by atoms with Crippen LogP contribution in [0.2, 0.25) is 12.6 Å². The summed E-state index contributed by atoms with van der Waals surface area (Å²) in [5.41, 5.74) is 0. The largest absolute Gasteiger partial charge is 0.384 e. The van der Waals surface area contributed by atoms with Crippen molar-refractivity contribution in [1.82, 2.24) is 0 Å². The Hall–Kier alpha value is -0.0151. The normalized spacial score (nSPS) is 47.1. The first-order chi connectivity index (χ1) is 6.69. The molecule has 2 aliphatic rings. The third-order valence-corrected chi connectivity index (χ3v) is 3.93. The van der Waals surface area contributed by atoms with Crippen LogP contribution in [0.4, 0.5) is 0 Å². The zero-order chi connectivity index (χ0) is 10.3. The molecule has 80 valence electrons. The van der Waals surface area contributed by atoms with Crippen molar-refractivity contribution in [1.29, 1.82) is 0 Å². The number of hydrogen-bond acceptors (Lipinski definition) is 2. The van der Waals surface area contributed by atoms with Gasteiger partial charge < -0.3 is 9.47 Å². The molecule has 0 aliphatic carbocycles. The minimum atomic E-state index is 0.386. The molecule has 14 heavy (non-hydrogen) atoms. The Balaban J connectivity index is 1.98. The second-order valence-electron chi connectivity index (χ2n) is 4.77. The lowest BCUT2D eigenvalue weighted by atomic mass is 9.38. The maximum Gasteiger partial charge on any atom is 0.181 e. The monoisotopic (exact) mass is 196 g/mol. The van der Waals surface area contributed by atoms with Gasteiger partial charge in [0.25, 0.3) is 0 Å². The molecule has 2 fully saturated rings. The summed E-state index contributed by atoms with van der Waals surface area (Å²) in [6, 6.07) is 0.455. The fraction of sp³-hybridized carbons (Fsp3) is 1.00. The van der Waals surface area contributed by atoms with E-state index in [1.807, 2.05) is 0 Å². The zero-order valence-corrected chi connectivity index (χ0v) is 9.69. The standard InChI is InChI=1S/C11H21BO2/c1-5-8-11(14-8)10-7(3)13-9(6-2)12(10)4/h7-11H,5-6H2,1-4H3. The molecule has 2 saturated heterocycles. The van der Waals surface area contributed by atoms with Crippen molar-refractivity contribution >= 4 is 6.71 Å². The summed E-state index contributed by atoms with van der Waals surface area (Å²) in [4.78, 5) is 0. The fourth-order valence-electron chi connectivity index (χ4n) is 3.02. The van der Waals surface area contributed by atoms with Crippen molar-refractivity contribution in [2.75, 3.05) is 0 Å². The Kier molecular flexibility index (Phi) is 2.89. The first-order valence-electron chi connectivity index (χ1n) is 5.99. The summed E-state index contributed by atoms with van der Waals surface area (Å²) in [7, 11) is 0. The highest BCUT2D eigenvalue weighted by Gasteiger charge is 2.54. The molecule has 0 radical (unpaired) electrons. The van der Waals surface area contributed by atoms with Crippen LogP contribution in [0, 0.1) is 0 Å². The van der Waals surface area contributed by atoms with Crippen LogP contribution < -0.4 is 0 Å². The van der Waals surface area contributed by atoms with Crippen LogP contribution in [0.15, 0.2) is 0 Å². The third-order valence-electron chi connectivity index (χ3n) is 3.93. The molecule has 5 unspecified atom stereocenters. The van der Waals surface area contributed by atoms with Gasteiger partial charge in [0, 0.05) is 6.00 Å². The first-order valence-corrected chi connectivity index (χ1v) is 5.99. The van der Waals surface area contributed by atoms with Gasteiger partial charge in [-0.1, -0.05) is 20.7 Å². The average molecular weight is 196 g/mol. The van der Waals surface area contributed by atoms with Gasteiger partial charge in [0.1, 0.15) is 0 Å². The number of ether oxygens (including phenoxy) is 2. The minimum Gasteiger partial charge on any atom is -0.384 e. The molecule has 0 amide bonds. The minimum absolute atomic E-state index is 0.386. The molecule has 0 N–H and O–H groups in total. The van der Waals surface area contributed by atoms with Crippen molar-refractivity contribution in [2.45, 2.75) is 70.6 Å². The van der Waals surface area contributed by atoms with Gasteiger partial charge in [0.2, 0.25) is 0 Å². The molecule has 0 spiro atoms. The molecule has 2 rings (SSSR count). The van der Waals surface area contributed by atoms with Gasteiger partial charge in [0.15, 0.2) is 6.71 Å². The summed E-state index contributed by atoms with van der Waals surface area (Å²) >= 11 is 0. The molecule has 2 heterocycles. The molecule has 0 aromatic rings. The number of epoxide rings is 1. The topological polar surface area (TPSA) is 21.8 Å². The summed E-state index contributed by atoms with van der Waals surface area (Å²) in [6.45, 7) is 9.59. The van der Waals surface area contributed by atoms with Crippen molar-refractivity contribution in [3.05, 3.63) is 0 Å². The van der Waals surface area contributed by atoms with E-state index in [1.54, 1.807) is 0 Å². The van der Waals surface area contributed by atoms with Crippen LogP contribution in [-0.4, -0.2) is 31.0 Å². The molecule has 3 heteroatoms. The number of rotatable bonds is 3. The molecule has 2 nitrogen and oxygen atoms in total. The summed E-state index contributed by atoms with van der Waals surface area (Å²) in [5, 5.41) is 0. The van der Waals surface area contributed by atoms with Crippen LogP contribution in [0.5, 0.6) is 0 Å². The Morgan fingerprint density at radius 1 is 1.14 bits per heavy atom. The SMILES string of the molecule is CCC1OC(C)C(C2OC2CC)B1C. The highest BCUT2D eigenvalue weighted by atomic mass is 16.6. The molecule has 0 bridgehead atoms. The Bertz CT molecular complexity index is 209. The van der Waals surface area contributed by atoms with E-state index in [4.69, 9.17) is 9.47 Å². The van der Waals surface area contributed by atoms with Crippen molar-refractivity contribution in [2.24, 2.45) is 0 Å². The maximum atomic E-state index is 5.95. The molecule has 5 atom stereocenters. The molecule has 2 aliphatic heterocycles. The lowest BCUT2D eigenvalue weighted by Crippen LogP contribution is -2.29.